The lowest BCUT2D eigenvalue weighted by Gasteiger charge is -2.18. The van der Waals surface area contributed by atoms with Crippen molar-refractivity contribution in [3.05, 3.63) is 24.3 Å². The highest BCUT2D eigenvalue weighted by Crippen LogP contribution is 2.14. The number of unbranched alkanes of at least 4 members (excludes halogenated alkanes) is 28. The van der Waals surface area contributed by atoms with Crippen LogP contribution in [0.4, 0.5) is 0 Å². The van der Waals surface area contributed by atoms with Crippen molar-refractivity contribution in [3.63, 3.8) is 0 Å². The van der Waals surface area contributed by atoms with E-state index in [1.165, 1.54) is 135 Å². The van der Waals surface area contributed by atoms with Crippen LogP contribution < -0.4 is 0 Å². The summed E-state index contributed by atoms with van der Waals surface area (Å²) in [5.74, 6) is -0.887. The maximum atomic E-state index is 12.7. The van der Waals surface area contributed by atoms with Gasteiger partial charge in [-0.25, -0.2) is 0 Å². The van der Waals surface area contributed by atoms with Crippen LogP contribution in [-0.4, -0.2) is 37.2 Å². The number of rotatable bonds is 43. The van der Waals surface area contributed by atoms with Gasteiger partial charge in [-0.05, 0) is 64.2 Å². The minimum Gasteiger partial charge on any atom is -0.462 e. The molecule has 0 radical (unpaired) electrons. The first kappa shape index (κ1) is 52.9. The molecule has 0 saturated heterocycles. The Morgan fingerprint density at radius 3 is 0.964 bits per heavy atom. The van der Waals surface area contributed by atoms with Crippen molar-refractivity contribution >= 4 is 17.9 Å². The Labute approximate surface area is 341 Å². The van der Waals surface area contributed by atoms with Crippen LogP contribution in [0.2, 0.25) is 0 Å². The highest BCUT2D eigenvalue weighted by molar-refractivity contribution is 5.71. The van der Waals surface area contributed by atoms with E-state index in [0.29, 0.717) is 19.3 Å². The summed E-state index contributed by atoms with van der Waals surface area (Å²) in [6.45, 7) is 6.58. The number of carbonyl (C=O) groups excluding carboxylic acids is 3. The summed E-state index contributed by atoms with van der Waals surface area (Å²) >= 11 is 0. The molecule has 6 nitrogen and oxygen atoms in total. The molecule has 322 valence electrons. The summed E-state index contributed by atoms with van der Waals surface area (Å²) in [4.78, 5) is 37.7. The van der Waals surface area contributed by atoms with Gasteiger partial charge in [-0.3, -0.25) is 14.4 Å². The predicted octanol–water partition coefficient (Wildman–Crippen LogP) is 15.2. The maximum Gasteiger partial charge on any atom is 0.306 e. The molecule has 0 spiro atoms. The fraction of sp³-hybridized carbons (Fsp3) is 0.857. The SMILES string of the molecule is CCCC/C=C\CCCCCCCC(=O)OC(COC(=O)CCCCCCC/C=C\CCCCCCCC)COC(=O)CCCCCCCCCCCCC. The minimum atomic E-state index is -0.772. The van der Waals surface area contributed by atoms with Gasteiger partial charge in [0.2, 0.25) is 0 Å². The fourth-order valence-electron chi connectivity index (χ4n) is 6.77. The first-order chi connectivity index (χ1) is 27.0. The molecule has 6 heteroatoms. The molecule has 0 bridgehead atoms. The first-order valence-corrected chi connectivity index (χ1v) is 23.8. The van der Waals surface area contributed by atoms with Crippen LogP contribution in [0.25, 0.3) is 0 Å². The van der Waals surface area contributed by atoms with E-state index in [9.17, 15) is 14.4 Å². The lowest BCUT2D eigenvalue weighted by Crippen LogP contribution is -2.30. The van der Waals surface area contributed by atoms with Crippen molar-refractivity contribution in [2.45, 2.75) is 258 Å². The quantitative estimate of drug-likeness (QED) is 0.0266. The average molecular weight is 775 g/mol. The van der Waals surface area contributed by atoms with Crippen LogP contribution in [0.3, 0.4) is 0 Å². The van der Waals surface area contributed by atoms with Crippen LogP contribution in [0, 0.1) is 0 Å². The van der Waals surface area contributed by atoms with Crippen LogP contribution in [-0.2, 0) is 28.6 Å². The zero-order valence-corrected chi connectivity index (χ0v) is 36.7. The van der Waals surface area contributed by atoms with Crippen LogP contribution >= 0.6 is 0 Å². The molecule has 0 heterocycles. The Morgan fingerprint density at radius 2 is 0.618 bits per heavy atom. The molecule has 0 aliphatic heterocycles. The topological polar surface area (TPSA) is 78.9 Å². The summed E-state index contributed by atoms with van der Waals surface area (Å²) in [6, 6.07) is 0. The molecule has 0 rings (SSSR count). The van der Waals surface area contributed by atoms with Crippen LogP contribution in [0.15, 0.2) is 24.3 Å². The van der Waals surface area contributed by atoms with Crippen LogP contribution in [0.5, 0.6) is 0 Å². The normalized spacial score (nSPS) is 12.1. The predicted molar refractivity (Wildman–Crippen MR) is 233 cm³/mol. The number of carbonyl (C=O) groups is 3. The molecule has 0 aromatic heterocycles. The Morgan fingerprint density at radius 1 is 0.345 bits per heavy atom. The van der Waals surface area contributed by atoms with Crippen molar-refractivity contribution < 1.29 is 28.6 Å². The Kier molecular flexibility index (Phi) is 42.9. The lowest BCUT2D eigenvalue weighted by atomic mass is 10.1. The summed E-state index contributed by atoms with van der Waals surface area (Å²) in [6.07, 6.45) is 48.7. The van der Waals surface area contributed by atoms with Gasteiger partial charge in [0.1, 0.15) is 13.2 Å². The van der Waals surface area contributed by atoms with Crippen molar-refractivity contribution in [1.29, 1.82) is 0 Å². The van der Waals surface area contributed by atoms with Gasteiger partial charge in [-0.1, -0.05) is 193 Å². The molecule has 0 N–H and O–H groups in total. The summed E-state index contributed by atoms with van der Waals surface area (Å²) < 4.78 is 16.7. The summed E-state index contributed by atoms with van der Waals surface area (Å²) in [5, 5.41) is 0. The third-order valence-electron chi connectivity index (χ3n) is 10.4. The maximum absolute atomic E-state index is 12.7. The van der Waals surface area contributed by atoms with Gasteiger partial charge in [-0.2, -0.15) is 0 Å². The summed E-state index contributed by atoms with van der Waals surface area (Å²) in [7, 11) is 0. The molecule has 0 aliphatic rings. The average Bonchev–Trinajstić information content (AvgIpc) is 3.18. The highest BCUT2D eigenvalue weighted by Gasteiger charge is 2.19. The van der Waals surface area contributed by atoms with E-state index in [-0.39, 0.29) is 31.1 Å². The minimum absolute atomic E-state index is 0.0743. The number of ether oxygens (including phenoxy) is 3. The molecule has 0 aromatic carbocycles. The standard InChI is InChI=1S/C49H90O6/c1-4-7-10-13-16-19-22-23-24-25-28-30-33-36-39-42-48(51)54-45-46(55-49(52)43-40-37-34-31-27-21-18-15-12-9-6-3)44-53-47(50)41-38-35-32-29-26-20-17-14-11-8-5-2/h15,18,23-24,46H,4-14,16-17,19-22,25-45H2,1-3H3/b18-15-,24-23-. The van der Waals surface area contributed by atoms with Gasteiger partial charge in [0.05, 0.1) is 0 Å². The van der Waals surface area contributed by atoms with E-state index >= 15 is 0 Å². The van der Waals surface area contributed by atoms with E-state index in [4.69, 9.17) is 14.2 Å². The number of hydrogen-bond donors (Lipinski definition) is 0. The molecule has 0 saturated carbocycles. The van der Waals surface area contributed by atoms with E-state index in [0.717, 1.165) is 77.0 Å². The van der Waals surface area contributed by atoms with Crippen LogP contribution in [0.1, 0.15) is 252 Å². The molecule has 0 aromatic rings. The van der Waals surface area contributed by atoms with Gasteiger partial charge in [0.15, 0.2) is 6.10 Å². The van der Waals surface area contributed by atoms with E-state index in [2.05, 4.69) is 45.1 Å². The van der Waals surface area contributed by atoms with Crippen molar-refractivity contribution in [2.24, 2.45) is 0 Å². The van der Waals surface area contributed by atoms with E-state index in [1.54, 1.807) is 0 Å². The molecule has 0 amide bonds. The van der Waals surface area contributed by atoms with Gasteiger partial charge in [0.25, 0.3) is 0 Å². The Bertz CT molecular complexity index is 896. The highest BCUT2D eigenvalue weighted by atomic mass is 16.6. The fourth-order valence-corrected chi connectivity index (χ4v) is 6.77. The molecule has 1 unspecified atom stereocenters. The largest absolute Gasteiger partial charge is 0.462 e. The molecular weight excluding hydrogens is 685 g/mol. The number of esters is 3. The first-order valence-electron chi connectivity index (χ1n) is 23.8. The third-order valence-corrected chi connectivity index (χ3v) is 10.4. The van der Waals surface area contributed by atoms with Gasteiger partial charge >= 0.3 is 17.9 Å². The molecule has 55 heavy (non-hydrogen) atoms. The summed E-state index contributed by atoms with van der Waals surface area (Å²) in [5.41, 5.74) is 0. The zero-order valence-electron chi connectivity index (χ0n) is 36.7. The Hall–Kier alpha value is -2.11. The van der Waals surface area contributed by atoms with Crippen molar-refractivity contribution in [3.8, 4) is 0 Å². The second kappa shape index (κ2) is 44.6. The van der Waals surface area contributed by atoms with Gasteiger partial charge < -0.3 is 14.2 Å². The van der Waals surface area contributed by atoms with Crippen molar-refractivity contribution in [2.75, 3.05) is 13.2 Å². The monoisotopic (exact) mass is 775 g/mol. The Balaban J connectivity index is 4.35. The second-order valence-corrected chi connectivity index (χ2v) is 16.0. The van der Waals surface area contributed by atoms with E-state index < -0.39 is 6.10 Å². The lowest BCUT2D eigenvalue weighted by molar-refractivity contribution is -0.167. The smallest absolute Gasteiger partial charge is 0.306 e. The molecule has 1 atom stereocenters. The number of allylic oxidation sites excluding steroid dienone is 4. The molecular formula is C49H90O6. The van der Waals surface area contributed by atoms with Gasteiger partial charge in [0, 0.05) is 19.3 Å². The van der Waals surface area contributed by atoms with Crippen molar-refractivity contribution in [1.82, 2.24) is 0 Å². The molecule has 0 aliphatic carbocycles. The zero-order chi connectivity index (χ0) is 40.1. The van der Waals surface area contributed by atoms with E-state index in [1.807, 2.05) is 0 Å². The third kappa shape index (κ3) is 42.9. The van der Waals surface area contributed by atoms with Gasteiger partial charge in [-0.15, -0.1) is 0 Å². The second-order valence-electron chi connectivity index (χ2n) is 16.0. The molecule has 0 fully saturated rings. The number of hydrogen-bond acceptors (Lipinski definition) is 6.